The van der Waals surface area contributed by atoms with E-state index in [2.05, 4.69) is 26.6 Å². The van der Waals surface area contributed by atoms with Gasteiger partial charge in [0.15, 0.2) is 0 Å². The van der Waals surface area contributed by atoms with Crippen molar-refractivity contribution in [2.45, 2.75) is 0 Å². The van der Waals surface area contributed by atoms with Crippen LogP contribution in [0, 0.1) is 0 Å². The fraction of sp³-hybridized carbons (Fsp3) is 0.462. The van der Waals surface area contributed by atoms with Crippen molar-refractivity contribution in [2.24, 2.45) is 0 Å². The number of amides is 1. The van der Waals surface area contributed by atoms with Gasteiger partial charge < -0.3 is 20.1 Å². The summed E-state index contributed by atoms with van der Waals surface area (Å²) in [5.41, 5.74) is 0. The molecule has 0 atom stereocenters. The summed E-state index contributed by atoms with van der Waals surface area (Å²) >= 11 is 3.36. The lowest BCUT2D eigenvalue weighted by Crippen LogP contribution is -2.36. The van der Waals surface area contributed by atoms with Gasteiger partial charge in [0, 0.05) is 24.7 Å². The molecule has 6 heteroatoms. The minimum Gasteiger partial charge on any atom is -0.492 e. The van der Waals surface area contributed by atoms with Crippen LogP contribution in [0.3, 0.4) is 0 Å². The molecule has 0 spiro atoms. The Hall–Kier alpha value is -1.11. The molecular formula is C13H19BrN2O3. The van der Waals surface area contributed by atoms with Crippen molar-refractivity contribution in [1.29, 1.82) is 0 Å². The van der Waals surface area contributed by atoms with E-state index in [1.54, 1.807) is 7.11 Å². The van der Waals surface area contributed by atoms with Crippen molar-refractivity contribution in [3.63, 3.8) is 0 Å². The topological polar surface area (TPSA) is 59.6 Å². The monoisotopic (exact) mass is 330 g/mol. The second-order valence-corrected chi connectivity index (χ2v) is 4.74. The highest BCUT2D eigenvalue weighted by atomic mass is 79.9. The molecule has 0 aliphatic heterocycles. The summed E-state index contributed by atoms with van der Waals surface area (Å²) in [4.78, 5) is 11.3. The van der Waals surface area contributed by atoms with E-state index in [9.17, 15) is 4.79 Å². The minimum atomic E-state index is -0.0410. The molecule has 0 saturated carbocycles. The summed E-state index contributed by atoms with van der Waals surface area (Å²) in [5, 5.41) is 5.73. The summed E-state index contributed by atoms with van der Waals surface area (Å²) < 4.78 is 11.4. The molecule has 0 aliphatic carbocycles. The van der Waals surface area contributed by atoms with E-state index in [0.29, 0.717) is 26.3 Å². The summed E-state index contributed by atoms with van der Waals surface area (Å²) in [5.74, 6) is 0.773. The zero-order valence-electron chi connectivity index (χ0n) is 10.9. The maximum atomic E-state index is 11.3. The second-order valence-electron chi connectivity index (χ2n) is 3.82. The number of benzene rings is 1. The molecule has 0 saturated heterocycles. The van der Waals surface area contributed by atoms with E-state index in [4.69, 9.17) is 9.47 Å². The second kappa shape index (κ2) is 9.77. The van der Waals surface area contributed by atoms with E-state index in [0.717, 1.165) is 10.2 Å². The molecule has 1 aromatic carbocycles. The molecular weight excluding hydrogens is 312 g/mol. The van der Waals surface area contributed by atoms with Crippen LogP contribution in [0.5, 0.6) is 5.75 Å². The summed E-state index contributed by atoms with van der Waals surface area (Å²) in [6, 6.07) is 7.63. The number of halogens is 1. The SMILES string of the molecule is COCCNC(=O)CNCCOc1ccc(Br)cc1. The Morgan fingerprint density at radius 3 is 2.63 bits per heavy atom. The third kappa shape index (κ3) is 7.81. The van der Waals surface area contributed by atoms with Crippen LogP contribution in [0.2, 0.25) is 0 Å². The standard InChI is InChI=1S/C13H19BrN2O3/c1-18-8-7-16-13(17)10-15-6-9-19-12-4-2-11(14)3-5-12/h2-5,15H,6-10H2,1H3,(H,16,17). The Morgan fingerprint density at radius 1 is 1.21 bits per heavy atom. The fourth-order valence-corrected chi connectivity index (χ4v) is 1.59. The molecule has 0 aromatic heterocycles. The smallest absolute Gasteiger partial charge is 0.234 e. The molecule has 19 heavy (non-hydrogen) atoms. The van der Waals surface area contributed by atoms with Crippen LogP contribution in [0.1, 0.15) is 0 Å². The zero-order valence-corrected chi connectivity index (χ0v) is 12.5. The predicted octanol–water partition coefficient (Wildman–Crippen LogP) is 1.18. The van der Waals surface area contributed by atoms with E-state index in [1.807, 2.05) is 24.3 Å². The number of nitrogens with one attached hydrogen (secondary N) is 2. The molecule has 1 aromatic rings. The predicted molar refractivity (Wildman–Crippen MR) is 77.4 cm³/mol. The van der Waals surface area contributed by atoms with Gasteiger partial charge in [-0.25, -0.2) is 0 Å². The molecule has 0 heterocycles. The number of methoxy groups -OCH3 is 1. The first-order valence-corrected chi connectivity index (χ1v) is 6.86. The van der Waals surface area contributed by atoms with Gasteiger partial charge >= 0.3 is 0 Å². The van der Waals surface area contributed by atoms with Gasteiger partial charge in [-0.3, -0.25) is 4.79 Å². The molecule has 5 nitrogen and oxygen atoms in total. The van der Waals surface area contributed by atoms with Gasteiger partial charge in [0.2, 0.25) is 5.91 Å². The van der Waals surface area contributed by atoms with Crippen molar-refractivity contribution in [2.75, 3.05) is 40.0 Å². The van der Waals surface area contributed by atoms with Crippen LogP contribution in [0.15, 0.2) is 28.7 Å². The quantitative estimate of drug-likeness (QED) is 0.667. The zero-order chi connectivity index (χ0) is 13.9. The lowest BCUT2D eigenvalue weighted by atomic mass is 10.3. The van der Waals surface area contributed by atoms with Crippen LogP contribution in [0.4, 0.5) is 0 Å². The largest absolute Gasteiger partial charge is 0.492 e. The Labute approximate surface area is 121 Å². The van der Waals surface area contributed by atoms with E-state index in [-0.39, 0.29) is 12.5 Å². The number of ether oxygens (including phenoxy) is 2. The first-order chi connectivity index (χ1) is 9.22. The van der Waals surface area contributed by atoms with Crippen LogP contribution >= 0.6 is 15.9 Å². The van der Waals surface area contributed by atoms with Gasteiger partial charge in [0.25, 0.3) is 0 Å². The van der Waals surface area contributed by atoms with Crippen LogP contribution in [0.25, 0.3) is 0 Å². The van der Waals surface area contributed by atoms with Gasteiger partial charge in [0.1, 0.15) is 12.4 Å². The Morgan fingerprint density at radius 2 is 1.95 bits per heavy atom. The highest BCUT2D eigenvalue weighted by Gasteiger charge is 1.99. The summed E-state index contributed by atoms with van der Waals surface area (Å²) in [6.07, 6.45) is 0. The summed E-state index contributed by atoms with van der Waals surface area (Å²) in [7, 11) is 1.60. The third-order valence-corrected chi connectivity index (χ3v) is 2.80. The number of rotatable bonds is 9. The number of hydrogen-bond acceptors (Lipinski definition) is 4. The average Bonchev–Trinajstić information content (AvgIpc) is 2.41. The van der Waals surface area contributed by atoms with Gasteiger partial charge in [0.05, 0.1) is 13.2 Å². The van der Waals surface area contributed by atoms with Crippen molar-refractivity contribution < 1.29 is 14.3 Å². The number of carbonyl (C=O) groups is 1. The molecule has 0 unspecified atom stereocenters. The van der Waals surface area contributed by atoms with Crippen molar-refractivity contribution >= 4 is 21.8 Å². The fourth-order valence-electron chi connectivity index (χ4n) is 1.33. The minimum absolute atomic E-state index is 0.0410. The molecule has 0 radical (unpaired) electrons. The molecule has 0 bridgehead atoms. The molecule has 0 fully saturated rings. The van der Waals surface area contributed by atoms with Gasteiger partial charge in [-0.2, -0.15) is 0 Å². The average molecular weight is 331 g/mol. The number of hydrogen-bond donors (Lipinski definition) is 2. The molecule has 0 aliphatic rings. The van der Waals surface area contributed by atoms with Crippen LogP contribution in [-0.2, 0) is 9.53 Å². The Balaban J connectivity index is 2.01. The molecule has 2 N–H and O–H groups in total. The van der Waals surface area contributed by atoms with Crippen LogP contribution < -0.4 is 15.4 Å². The lowest BCUT2D eigenvalue weighted by Gasteiger charge is -2.08. The number of carbonyl (C=O) groups excluding carboxylic acids is 1. The lowest BCUT2D eigenvalue weighted by molar-refractivity contribution is -0.120. The first kappa shape index (κ1) is 15.9. The molecule has 1 rings (SSSR count). The van der Waals surface area contributed by atoms with E-state index >= 15 is 0 Å². The third-order valence-electron chi connectivity index (χ3n) is 2.28. The highest BCUT2D eigenvalue weighted by Crippen LogP contribution is 2.15. The van der Waals surface area contributed by atoms with Gasteiger partial charge in [-0.15, -0.1) is 0 Å². The Kier molecular flexibility index (Phi) is 8.20. The van der Waals surface area contributed by atoms with Crippen molar-refractivity contribution in [3.8, 4) is 5.75 Å². The molecule has 1 amide bonds. The first-order valence-electron chi connectivity index (χ1n) is 6.07. The van der Waals surface area contributed by atoms with Crippen LogP contribution in [-0.4, -0.2) is 45.9 Å². The van der Waals surface area contributed by atoms with E-state index in [1.165, 1.54) is 0 Å². The molecule has 106 valence electrons. The maximum absolute atomic E-state index is 11.3. The van der Waals surface area contributed by atoms with Gasteiger partial charge in [-0.1, -0.05) is 15.9 Å². The highest BCUT2D eigenvalue weighted by molar-refractivity contribution is 9.10. The van der Waals surface area contributed by atoms with Gasteiger partial charge in [-0.05, 0) is 24.3 Å². The van der Waals surface area contributed by atoms with Crippen molar-refractivity contribution in [3.05, 3.63) is 28.7 Å². The Bertz CT molecular complexity index is 371. The maximum Gasteiger partial charge on any atom is 0.234 e. The van der Waals surface area contributed by atoms with E-state index < -0.39 is 0 Å². The van der Waals surface area contributed by atoms with Crippen molar-refractivity contribution in [1.82, 2.24) is 10.6 Å². The summed E-state index contributed by atoms with van der Waals surface area (Å²) in [6.45, 7) is 2.49. The normalized spacial score (nSPS) is 10.2.